The molecule has 160 valence electrons. The number of ether oxygens (including phenoxy) is 2. The molecule has 2 aromatic heterocycles. The summed E-state index contributed by atoms with van der Waals surface area (Å²) < 4.78 is 25.0. The van der Waals surface area contributed by atoms with E-state index in [1.165, 1.54) is 16.7 Å². The van der Waals surface area contributed by atoms with Gasteiger partial charge in [0.15, 0.2) is 11.8 Å². The first-order chi connectivity index (χ1) is 14.9. The van der Waals surface area contributed by atoms with Gasteiger partial charge in [0.1, 0.15) is 19.0 Å². The number of hydrogen-bond acceptors (Lipinski definition) is 7. The van der Waals surface area contributed by atoms with E-state index in [4.69, 9.17) is 9.47 Å². The maximum absolute atomic E-state index is 13.4. The van der Waals surface area contributed by atoms with Crippen LogP contribution in [-0.4, -0.2) is 39.0 Å². The summed E-state index contributed by atoms with van der Waals surface area (Å²) in [6.07, 6.45) is -0.911. The molecular formula is C22H19FN2O6. The largest absolute Gasteiger partial charge is 0.508 e. The summed E-state index contributed by atoms with van der Waals surface area (Å²) in [6.45, 7) is 0.375. The van der Waals surface area contributed by atoms with Crippen LogP contribution in [0, 0.1) is 0 Å². The van der Waals surface area contributed by atoms with Gasteiger partial charge in [-0.25, -0.2) is 14.2 Å². The molecule has 9 heteroatoms. The molecule has 2 N–H and O–H groups in total. The number of aliphatic hydroxyl groups is 1. The number of hydrogen-bond donors (Lipinski definition) is 2. The molecule has 2 atom stereocenters. The summed E-state index contributed by atoms with van der Waals surface area (Å²) >= 11 is 0. The SMILES string of the molecule is CC[C@@]1(O)C(=O)OCc2c1cc1n(c2=O)C(OCCF)c2cc3cc(O)ccc3nc2-1. The maximum Gasteiger partial charge on any atom is 0.343 e. The summed E-state index contributed by atoms with van der Waals surface area (Å²) in [5.74, 6) is -0.750. The number of carbonyl (C=O) groups excluding carboxylic acids is 1. The molecule has 1 unspecified atom stereocenters. The van der Waals surface area contributed by atoms with E-state index in [0.717, 1.165) is 0 Å². The van der Waals surface area contributed by atoms with Crippen LogP contribution < -0.4 is 5.56 Å². The Balaban J connectivity index is 1.82. The first-order valence-corrected chi connectivity index (χ1v) is 9.89. The van der Waals surface area contributed by atoms with Gasteiger partial charge in [-0.3, -0.25) is 9.36 Å². The van der Waals surface area contributed by atoms with E-state index in [-0.39, 0.29) is 36.5 Å². The lowest BCUT2D eigenvalue weighted by Crippen LogP contribution is -2.44. The molecule has 0 radical (unpaired) electrons. The van der Waals surface area contributed by atoms with Crippen molar-refractivity contribution in [1.82, 2.24) is 9.55 Å². The van der Waals surface area contributed by atoms with Gasteiger partial charge in [0, 0.05) is 16.5 Å². The van der Waals surface area contributed by atoms with Crippen molar-refractivity contribution in [1.29, 1.82) is 0 Å². The van der Waals surface area contributed by atoms with Crippen molar-refractivity contribution >= 4 is 16.9 Å². The summed E-state index contributed by atoms with van der Waals surface area (Å²) in [4.78, 5) is 30.4. The van der Waals surface area contributed by atoms with Gasteiger partial charge in [0.25, 0.3) is 5.56 Å². The van der Waals surface area contributed by atoms with Gasteiger partial charge in [0.05, 0.1) is 29.1 Å². The van der Waals surface area contributed by atoms with Crippen LogP contribution in [0.1, 0.15) is 36.3 Å². The number of halogens is 1. The zero-order valence-electron chi connectivity index (χ0n) is 16.6. The molecule has 0 saturated heterocycles. The minimum Gasteiger partial charge on any atom is -0.508 e. The third kappa shape index (κ3) is 2.70. The van der Waals surface area contributed by atoms with Crippen LogP contribution >= 0.6 is 0 Å². The highest BCUT2D eigenvalue weighted by Crippen LogP contribution is 2.43. The molecule has 0 saturated carbocycles. The lowest BCUT2D eigenvalue weighted by molar-refractivity contribution is -0.172. The maximum atomic E-state index is 13.4. The summed E-state index contributed by atoms with van der Waals surface area (Å²) in [7, 11) is 0. The van der Waals surface area contributed by atoms with Crippen molar-refractivity contribution in [2.75, 3.05) is 13.3 Å². The van der Waals surface area contributed by atoms with E-state index in [0.29, 0.717) is 27.9 Å². The number of fused-ring (bicyclic) bond motifs is 5. The van der Waals surface area contributed by atoms with Gasteiger partial charge in [-0.2, -0.15) is 0 Å². The van der Waals surface area contributed by atoms with Crippen LogP contribution in [0.25, 0.3) is 22.3 Å². The Morgan fingerprint density at radius 3 is 2.87 bits per heavy atom. The molecule has 31 heavy (non-hydrogen) atoms. The Morgan fingerprint density at radius 1 is 1.32 bits per heavy atom. The highest BCUT2D eigenvalue weighted by Gasteiger charge is 2.46. The molecule has 4 heterocycles. The topological polar surface area (TPSA) is 111 Å². The van der Waals surface area contributed by atoms with E-state index in [2.05, 4.69) is 4.98 Å². The molecule has 0 bridgehead atoms. The Kier molecular flexibility index (Phi) is 4.35. The highest BCUT2D eigenvalue weighted by atomic mass is 19.1. The van der Waals surface area contributed by atoms with Crippen molar-refractivity contribution in [3.8, 4) is 17.1 Å². The number of rotatable bonds is 4. The Morgan fingerprint density at radius 2 is 2.13 bits per heavy atom. The van der Waals surface area contributed by atoms with Gasteiger partial charge in [-0.05, 0) is 36.8 Å². The summed E-state index contributed by atoms with van der Waals surface area (Å²) in [5, 5.41) is 21.4. The molecule has 2 aliphatic rings. The number of alkyl halides is 1. The van der Waals surface area contributed by atoms with Gasteiger partial charge in [0.2, 0.25) is 0 Å². The standard InChI is InChI=1S/C22H19FN2O6/c1-2-22(29)15-9-17-18-13(8-11-7-12(26)3-4-16(11)24-18)20(30-6-5-23)25(17)19(27)14(15)10-31-21(22)28/h3-4,7-9,20,26,29H,2,5-6,10H2,1H3/t20?,22-/m0/s1. The van der Waals surface area contributed by atoms with E-state index in [1.807, 2.05) is 0 Å². The molecule has 2 aliphatic heterocycles. The van der Waals surface area contributed by atoms with Crippen LogP contribution in [0.15, 0.2) is 35.1 Å². The number of cyclic esters (lactones) is 1. The predicted octanol–water partition coefficient (Wildman–Crippen LogP) is 2.27. The predicted molar refractivity (Wildman–Crippen MR) is 107 cm³/mol. The average Bonchev–Trinajstić information content (AvgIpc) is 3.06. The first-order valence-electron chi connectivity index (χ1n) is 9.89. The zero-order valence-corrected chi connectivity index (χ0v) is 16.6. The first kappa shape index (κ1) is 19.7. The van der Waals surface area contributed by atoms with Crippen molar-refractivity contribution in [2.45, 2.75) is 31.8 Å². The van der Waals surface area contributed by atoms with Crippen molar-refractivity contribution in [2.24, 2.45) is 0 Å². The smallest absolute Gasteiger partial charge is 0.343 e. The fraction of sp³-hybridized carbons (Fsp3) is 0.318. The molecule has 8 nitrogen and oxygen atoms in total. The molecule has 0 fully saturated rings. The molecule has 3 aromatic rings. The zero-order chi connectivity index (χ0) is 21.9. The second-order valence-electron chi connectivity index (χ2n) is 7.60. The Labute approximate surface area is 175 Å². The quantitative estimate of drug-likeness (QED) is 0.616. The monoisotopic (exact) mass is 426 g/mol. The number of esters is 1. The third-order valence-electron chi connectivity index (χ3n) is 5.91. The Bertz CT molecular complexity index is 1300. The van der Waals surface area contributed by atoms with Gasteiger partial charge in [-0.1, -0.05) is 6.92 Å². The van der Waals surface area contributed by atoms with Crippen molar-refractivity contribution in [3.05, 3.63) is 57.4 Å². The van der Waals surface area contributed by atoms with Crippen molar-refractivity contribution < 1.29 is 28.9 Å². The number of nitrogens with zero attached hydrogens (tertiary/aromatic N) is 2. The van der Waals surface area contributed by atoms with E-state index in [9.17, 15) is 24.2 Å². The second-order valence-corrected chi connectivity index (χ2v) is 7.60. The molecular weight excluding hydrogens is 407 g/mol. The van der Waals surface area contributed by atoms with Crippen LogP contribution in [0.3, 0.4) is 0 Å². The molecule has 0 amide bonds. The number of aromatic hydroxyl groups is 1. The number of phenolic OH excluding ortho intramolecular Hbond substituents is 1. The van der Waals surface area contributed by atoms with Crippen molar-refractivity contribution in [3.63, 3.8) is 0 Å². The minimum absolute atomic E-state index is 0.0286. The lowest BCUT2D eigenvalue weighted by atomic mass is 9.86. The fourth-order valence-electron chi connectivity index (χ4n) is 4.32. The molecule has 0 spiro atoms. The Hall–Kier alpha value is -3.30. The van der Waals surface area contributed by atoms with Crippen LogP contribution in [-0.2, 0) is 26.5 Å². The summed E-state index contributed by atoms with van der Waals surface area (Å²) in [6, 6.07) is 7.98. The normalized spacial score (nSPS) is 21.5. The number of carbonyl (C=O) groups is 1. The van der Waals surface area contributed by atoms with E-state index >= 15 is 0 Å². The van der Waals surface area contributed by atoms with Gasteiger partial charge < -0.3 is 19.7 Å². The fourth-order valence-corrected chi connectivity index (χ4v) is 4.32. The number of pyridine rings is 2. The minimum atomic E-state index is -1.94. The molecule has 1 aromatic carbocycles. The van der Waals surface area contributed by atoms with E-state index in [1.54, 1.807) is 25.1 Å². The third-order valence-corrected chi connectivity index (χ3v) is 5.91. The molecule has 0 aliphatic carbocycles. The highest BCUT2D eigenvalue weighted by molar-refractivity contribution is 5.87. The van der Waals surface area contributed by atoms with Crippen LogP contribution in [0.2, 0.25) is 0 Å². The average molecular weight is 426 g/mol. The second kappa shape index (κ2) is 6.86. The number of phenols is 1. The lowest BCUT2D eigenvalue weighted by Gasteiger charge is -2.32. The van der Waals surface area contributed by atoms with Gasteiger partial charge >= 0.3 is 5.97 Å². The number of benzene rings is 1. The van der Waals surface area contributed by atoms with Gasteiger partial charge in [-0.15, -0.1) is 0 Å². The van der Waals surface area contributed by atoms with Crippen LogP contribution in [0.4, 0.5) is 4.39 Å². The summed E-state index contributed by atoms with van der Waals surface area (Å²) in [5.41, 5.74) is -0.214. The molecule has 5 rings (SSSR count). The van der Waals surface area contributed by atoms with E-state index < -0.39 is 30.0 Å². The van der Waals surface area contributed by atoms with Crippen LogP contribution in [0.5, 0.6) is 5.75 Å². The number of aromatic nitrogens is 2.